The fraction of sp³-hybridized carbons (Fsp3) is 0.316. The third kappa shape index (κ3) is 4.54. The molecule has 0 aliphatic rings. The third-order valence-corrected chi connectivity index (χ3v) is 4.05. The Labute approximate surface area is 159 Å². The van der Waals surface area contributed by atoms with Crippen LogP contribution in [0.15, 0.2) is 24.3 Å². The zero-order valence-electron chi connectivity index (χ0n) is 15.7. The van der Waals surface area contributed by atoms with Crippen molar-refractivity contribution in [1.29, 1.82) is 0 Å². The Morgan fingerprint density at radius 1 is 1.04 bits per heavy atom. The number of aromatic amines is 1. The number of methoxy groups -OCH3 is 1. The molecule has 0 radical (unpaired) electrons. The highest BCUT2D eigenvalue weighted by Crippen LogP contribution is 2.21. The summed E-state index contributed by atoms with van der Waals surface area (Å²) in [7, 11) is 1.23. The van der Waals surface area contributed by atoms with Gasteiger partial charge in [-0.15, -0.1) is 0 Å². The van der Waals surface area contributed by atoms with E-state index in [9.17, 15) is 23.2 Å². The average Bonchev–Trinajstić information content (AvgIpc) is 2.95. The maximum Gasteiger partial charge on any atom is 0.387 e. The maximum absolute atomic E-state index is 12.4. The molecular weight excluding hydrogens is 376 g/mol. The lowest BCUT2D eigenvalue weighted by Crippen LogP contribution is -2.25. The van der Waals surface area contributed by atoms with Crippen molar-refractivity contribution in [2.75, 3.05) is 7.11 Å². The lowest BCUT2D eigenvalue weighted by atomic mass is 10.1. The summed E-state index contributed by atoms with van der Waals surface area (Å²) in [6.45, 7) is 1.58. The number of nitrogens with one attached hydrogen (secondary N) is 1. The number of benzene rings is 1. The van der Waals surface area contributed by atoms with Gasteiger partial charge in [-0.05, 0) is 50.6 Å². The molecule has 2 rings (SSSR count). The first-order chi connectivity index (χ1) is 13.1. The van der Waals surface area contributed by atoms with Crippen molar-refractivity contribution in [2.45, 2.75) is 33.5 Å². The Morgan fingerprint density at radius 2 is 1.64 bits per heavy atom. The number of aromatic nitrogens is 1. The van der Waals surface area contributed by atoms with Crippen LogP contribution in [0.5, 0.6) is 5.75 Å². The number of carbonyl (C=O) groups is 3. The molecule has 28 heavy (non-hydrogen) atoms. The Balaban J connectivity index is 2.12. The minimum absolute atomic E-state index is 0.0400. The SMILES string of the molecule is COC(=O)c1c(C)[nH]c(C(=O)O[C@@H](C)C(=O)c2ccc(OC(F)F)cc2)c1C. The van der Waals surface area contributed by atoms with Crippen molar-refractivity contribution in [3.8, 4) is 5.75 Å². The summed E-state index contributed by atoms with van der Waals surface area (Å²) in [5, 5.41) is 0. The predicted octanol–water partition coefficient (Wildman–Crippen LogP) is 3.45. The molecule has 7 nitrogen and oxygen atoms in total. The second-order valence-electron chi connectivity index (χ2n) is 5.93. The number of H-pyrrole nitrogens is 1. The molecular formula is C19H19F2NO6. The van der Waals surface area contributed by atoms with E-state index in [4.69, 9.17) is 4.74 Å². The number of carbonyl (C=O) groups excluding carboxylic acids is 3. The van der Waals surface area contributed by atoms with Crippen LogP contribution in [0.4, 0.5) is 8.78 Å². The normalized spacial score (nSPS) is 11.8. The Bertz CT molecular complexity index is 889. The van der Waals surface area contributed by atoms with Gasteiger partial charge in [0.2, 0.25) is 5.78 Å². The summed E-state index contributed by atoms with van der Waals surface area (Å²) in [6.07, 6.45) is -1.14. The van der Waals surface area contributed by atoms with Crippen molar-refractivity contribution in [3.05, 3.63) is 52.3 Å². The van der Waals surface area contributed by atoms with Crippen LogP contribution >= 0.6 is 0 Å². The molecule has 9 heteroatoms. The monoisotopic (exact) mass is 395 g/mol. The summed E-state index contributed by atoms with van der Waals surface area (Å²) >= 11 is 0. The van der Waals surface area contributed by atoms with Gasteiger partial charge in [0.25, 0.3) is 0 Å². The fourth-order valence-electron chi connectivity index (χ4n) is 2.67. The van der Waals surface area contributed by atoms with E-state index < -0.39 is 30.4 Å². The zero-order valence-corrected chi connectivity index (χ0v) is 15.7. The highest BCUT2D eigenvalue weighted by atomic mass is 19.3. The lowest BCUT2D eigenvalue weighted by molar-refractivity contribution is -0.0498. The number of ketones is 1. The van der Waals surface area contributed by atoms with Crippen molar-refractivity contribution in [1.82, 2.24) is 4.98 Å². The quantitative estimate of drug-likeness (QED) is 0.570. The summed E-state index contributed by atoms with van der Waals surface area (Å²) in [5.74, 6) is -2.02. The molecule has 0 saturated heterocycles. The van der Waals surface area contributed by atoms with E-state index in [1.54, 1.807) is 13.8 Å². The number of halogens is 2. The lowest BCUT2D eigenvalue weighted by Gasteiger charge is -2.13. The number of Topliss-reactive ketones (excluding diaryl/α,β-unsaturated/α-hetero) is 1. The molecule has 1 heterocycles. The first kappa shape index (κ1) is 21.1. The van der Waals surface area contributed by atoms with E-state index >= 15 is 0 Å². The van der Waals surface area contributed by atoms with Crippen LogP contribution in [0.3, 0.4) is 0 Å². The molecule has 0 unspecified atom stereocenters. The van der Waals surface area contributed by atoms with E-state index in [0.717, 1.165) is 0 Å². The first-order valence-electron chi connectivity index (χ1n) is 8.23. The van der Waals surface area contributed by atoms with E-state index in [2.05, 4.69) is 14.5 Å². The predicted molar refractivity (Wildman–Crippen MR) is 93.9 cm³/mol. The van der Waals surface area contributed by atoms with E-state index in [-0.39, 0.29) is 22.6 Å². The molecule has 0 saturated carbocycles. The number of hydrogen-bond donors (Lipinski definition) is 1. The van der Waals surface area contributed by atoms with Gasteiger partial charge in [-0.25, -0.2) is 9.59 Å². The highest BCUT2D eigenvalue weighted by Gasteiger charge is 2.26. The molecule has 1 aromatic carbocycles. The van der Waals surface area contributed by atoms with Crippen LogP contribution in [0, 0.1) is 13.8 Å². The number of alkyl halides is 2. The standard InChI is InChI=1S/C19H19F2NO6/c1-9-14(17(24)26-4)10(2)22-15(9)18(25)27-11(3)16(23)12-5-7-13(8-6-12)28-19(20)21/h5-8,11,19,22H,1-4H3/t11-/m0/s1. The largest absolute Gasteiger partial charge is 0.465 e. The van der Waals surface area contributed by atoms with Gasteiger partial charge >= 0.3 is 18.6 Å². The molecule has 150 valence electrons. The topological polar surface area (TPSA) is 94.7 Å². The minimum Gasteiger partial charge on any atom is -0.465 e. The summed E-state index contributed by atoms with van der Waals surface area (Å²) in [4.78, 5) is 39.4. The Morgan fingerprint density at radius 3 is 2.18 bits per heavy atom. The zero-order chi connectivity index (χ0) is 21.0. The van der Waals surface area contributed by atoms with Crippen LogP contribution < -0.4 is 4.74 Å². The summed E-state index contributed by atoms with van der Waals surface area (Å²) in [6, 6.07) is 5.03. The van der Waals surface area contributed by atoms with Crippen LogP contribution in [-0.4, -0.2) is 42.5 Å². The third-order valence-electron chi connectivity index (χ3n) is 4.05. The van der Waals surface area contributed by atoms with Crippen LogP contribution in [0.25, 0.3) is 0 Å². The van der Waals surface area contributed by atoms with Gasteiger partial charge in [-0.2, -0.15) is 8.78 Å². The van der Waals surface area contributed by atoms with Gasteiger partial charge in [-0.1, -0.05) is 0 Å². The Kier molecular flexibility index (Phi) is 6.50. The van der Waals surface area contributed by atoms with Crippen LogP contribution in [0.2, 0.25) is 0 Å². The van der Waals surface area contributed by atoms with Crippen molar-refractivity contribution in [2.24, 2.45) is 0 Å². The molecule has 0 fully saturated rings. The fourth-order valence-corrected chi connectivity index (χ4v) is 2.67. The van der Waals surface area contributed by atoms with Gasteiger partial charge in [-0.3, -0.25) is 4.79 Å². The molecule has 0 amide bonds. The minimum atomic E-state index is -2.97. The van der Waals surface area contributed by atoms with Crippen molar-refractivity contribution >= 4 is 17.7 Å². The summed E-state index contributed by atoms with van der Waals surface area (Å²) < 4.78 is 38.4. The number of hydrogen-bond acceptors (Lipinski definition) is 6. The molecule has 0 aliphatic heterocycles. The van der Waals surface area contributed by atoms with Gasteiger partial charge in [0.1, 0.15) is 11.4 Å². The number of rotatable bonds is 7. The van der Waals surface area contributed by atoms with Gasteiger partial charge in [0.05, 0.1) is 12.7 Å². The van der Waals surface area contributed by atoms with Gasteiger partial charge in [0.15, 0.2) is 6.10 Å². The number of aryl methyl sites for hydroxylation is 1. The molecule has 1 atom stereocenters. The first-order valence-corrected chi connectivity index (χ1v) is 8.23. The Hall–Kier alpha value is -3.23. The molecule has 0 bridgehead atoms. The second kappa shape index (κ2) is 8.64. The molecule has 1 N–H and O–H groups in total. The maximum atomic E-state index is 12.4. The summed E-state index contributed by atoms with van der Waals surface area (Å²) in [5.41, 5.74) is 1.21. The van der Waals surface area contributed by atoms with Crippen LogP contribution in [0.1, 0.15) is 49.4 Å². The van der Waals surface area contributed by atoms with E-state index in [1.165, 1.54) is 38.3 Å². The molecule has 0 aliphatic carbocycles. The molecule has 0 spiro atoms. The van der Waals surface area contributed by atoms with Crippen molar-refractivity contribution in [3.63, 3.8) is 0 Å². The van der Waals surface area contributed by atoms with Gasteiger partial charge in [0, 0.05) is 11.3 Å². The smallest absolute Gasteiger partial charge is 0.387 e. The molecule has 1 aromatic heterocycles. The van der Waals surface area contributed by atoms with E-state index in [0.29, 0.717) is 11.3 Å². The average molecular weight is 395 g/mol. The van der Waals surface area contributed by atoms with E-state index in [1.807, 2.05) is 0 Å². The van der Waals surface area contributed by atoms with Gasteiger partial charge < -0.3 is 19.2 Å². The molecule has 2 aromatic rings. The number of ether oxygens (including phenoxy) is 3. The van der Waals surface area contributed by atoms with Crippen LogP contribution in [-0.2, 0) is 9.47 Å². The second-order valence-corrected chi connectivity index (χ2v) is 5.93. The highest BCUT2D eigenvalue weighted by molar-refractivity contribution is 6.02. The van der Waals surface area contributed by atoms with Crippen molar-refractivity contribution < 1.29 is 37.4 Å². The number of esters is 2.